The van der Waals surface area contributed by atoms with Gasteiger partial charge in [-0.3, -0.25) is 0 Å². The fourth-order valence-electron chi connectivity index (χ4n) is 1.89. The van der Waals surface area contributed by atoms with E-state index < -0.39 is 0 Å². The second kappa shape index (κ2) is 2.90. The third-order valence-electron chi connectivity index (χ3n) is 2.46. The van der Waals surface area contributed by atoms with Crippen LogP contribution in [0.3, 0.4) is 0 Å². The minimum Gasteiger partial charge on any atom is -0.337 e. The van der Waals surface area contributed by atoms with Gasteiger partial charge in [-0.05, 0) is 19.9 Å². The third kappa shape index (κ3) is 1.25. The van der Waals surface area contributed by atoms with Crippen LogP contribution >= 0.6 is 0 Å². The first-order valence-corrected chi connectivity index (χ1v) is 4.48. The van der Waals surface area contributed by atoms with Crippen molar-refractivity contribution in [2.45, 2.75) is 19.3 Å². The summed E-state index contributed by atoms with van der Waals surface area (Å²) in [6, 6.07) is 0. The van der Waals surface area contributed by atoms with Crippen LogP contribution < -0.4 is 5.32 Å². The Bertz CT molecular complexity index is 271. The molecule has 66 valence electrons. The molecule has 0 aromatic carbocycles. The molecule has 0 saturated carbocycles. The summed E-state index contributed by atoms with van der Waals surface area (Å²) in [6.07, 6.45) is 3.32. The number of aromatic nitrogens is 2. The molecule has 0 amide bonds. The minimum atomic E-state index is 0.628. The Morgan fingerprint density at radius 2 is 2.50 bits per heavy atom. The molecule has 0 radical (unpaired) electrons. The molecule has 1 saturated heterocycles. The van der Waals surface area contributed by atoms with Crippen molar-refractivity contribution in [1.29, 1.82) is 0 Å². The average molecular weight is 165 g/mol. The molecule has 1 aliphatic rings. The van der Waals surface area contributed by atoms with Crippen LogP contribution in [0.2, 0.25) is 0 Å². The van der Waals surface area contributed by atoms with E-state index in [0.29, 0.717) is 5.92 Å². The predicted molar refractivity (Wildman–Crippen MR) is 48.2 cm³/mol. The fraction of sp³-hybridized carbons (Fsp3) is 0.667. The Hall–Kier alpha value is -0.830. The highest BCUT2D eigenvalue weighted by molar-refractivity contribution is 5.08. The van der Waals surface area contributed by atoms with Gasteiger partial charge in [-0.2, -0.15) is 0 Å². The maximum Gasteiger partial charge on any atom is 0.113 e. The lowest BCUT2D eigenvalue weighted by molar-refractivity contribution is 0.659. The highest BCUT2D eigenvalue weighted by Gasteiger charge is 2.20. The Morgan fingerprint density at radius 3 is 3.00 bits per heavy atom. The van der Waals surface area contributed by atoms with Gasteiger partial charge >= 0.3 is 0 Å². The van der Waals surface area contributed by atoms with Crippen LogP contribution in [0, 0.1) is 6.92 Å². The zero-order valence-electron chi connectivity index (χ0n) is 7.67. The van der Waals surface area contributed by atoms with E-state index in [4.69, 9.17) is 0 Å². The summed E-state index contributed by atoms with van der Waals surface area (Å²) < 4.78 is 2.15. The van der Waals surface area contributed by atoms with Gasteiger partial charge in [-0.25, -0.2) is 4.98 Å². The van der Waals surface area contributed by atoms with Gasteiger partial charge in [0.1, 0.15) is 5.82 Å². The molecular formula is C9H15N3. The van der Waals surface area contributed by atoms with Crippen LogP contribution in [0.25, 0.3) is 0 Å². The number of nitrogens with one attached hydrogen (secondary N) is 1. The number of nitrogens with zero attached hydrogens (tertiary/aromatic N) is 2. The van der Waals surface area contributed by atoms with E-state index in [2.05, 4.69) is 28.1 Å². The molecular weight excluding hydrogens is 150 g/mol. The van der Waals surface area contributed by atoms with Gasteiger partial charge in [-0.1, -0.05) is 0 Å². The molecule has 1 fully saturated rings. The lowest BCUT2D eigenvalue weighted by Crippen LogP contribution is -2.10. The molecule has 12 heavy (non-hydrogen) atoms. The van der Waals surface area contributed by atoms with Crippen molar-refractivity contribution in [2.24, 2.45) is 7.05 Å². The standard InChI is InChI=1S/C9H15N3/c1-7-6-12(2)9(11-7)8-3-4-10-5-8/h6,8,10H,3-5H2,1-2H3. The number of hydrogen-bond acceptors (Lipinski definition) is 2. The van der Waals surface area contributed by atoms with Gasteiger partial charge in [0.05, 0.1) is 5.69 Å². The van der Waals surface area contributed by atoms with Crippen molar-refractivity contribution in [2.75, 3.05) is 13.1 Å². The maximum atomic E-state index is 4.52. The predicted octanol–water partition coefficient (Wildman–Crippen LogP) is 0.805. The maximum absolute atomic E-state index is 4.52. The minimum absolute atomic E-state index is 0.628. The van der Waals surface area contributed by atoms with E-state index in [1.54, 1.807) is 0 Å². The number of aryl methyl sites for hydroxylation is 2. The van der Waals surface area contributed by atoms with E-state index in [1.807, 2.05) is 6.92 Å². The Morgan fingerprint density at radius 1 is 1.67 bits per heavy atom. The first kappa shape index (κ1) is 7.80. The fourth-order valence-corrected chi connectivity index (χ4v) is 1.89. The van der Waals surface area contributed by atoms with Crippen molar-refractivity contribution in [3.8, 4) is 0 Å². The monoisotopic (exact) mass is 165 g/mol. The molecule has 3 heteroatoms. The number of hydrogen-bond donors (Lipinski definition) is 1. The van der Waals surface area contributed by atoms with Crippen LogP contribution in [0.15, 0.2) is 6.20 Å². The molecule has 1 unspecified atom stereocenters. The summed E-state index contributed by atoms with van der Waals surface area (Å²) in [5.74, 6) is 1.86. The molecule has 1 atom stereocenters. The smallest absolute Gasteiger partial charge is 0.113 e. The van der Waals surface area contributed by atoms with Crippen LogP contribution in [0.5, 0.6) is 0 Å². The van der Waals surface area contributed by atoms with E-state index in [1.165, 1.54) is 12.2 Å². The zero-order valence-corrected chi connectivity index (χ0v) is 7.67. The molecule has 1 aromatic rings. The van der Waals surface area contributed by atoms with Gasteiger partial charge in [0.2, 0.25) is 0 Å². The molecule has 3 nitrogen and oxygen atoms in total. The Labute approximate surface area is 72.8 Å². The topological polar surface area (TPSA) is 29.9 Å². The van der Waals surface area contributed by atoms with Crippen molar-refractivity contribution in [3.05, 3.63) is 17.7 Å². The van der Waals surface area contributed by atoms with Crippen LogP contribution in [0.1, 0.15) is 23.9 Å². The second-order valence-corrected chi connectivity index (χ2v) is 3.54. The second-order valence-electron chi connectivity index (χ2n) is 3.54. The molecule has 2 rings (SSSR count). The summed E-state index contributed by atoms with van der Waals surface area (Å²) in [4.78, 5) is 4.52. The summed E-state index contributed by atoms with van der Waals surface area (Å²) in [5.41, 5.74) is 1.12. The molecule has 0 bridgehead atoms. The molecule has 2 heterocycles. The summed E-state index contributed by atoms with van der Waals surface area (Å²) in [5, 5.41) is 3.35. The zero-order chi connectivity index (χ0) is 8.55. The lowest BCUT2D eigenvalue weighted by atomic mass is 10.1. The van der Waals surface area contributed by atoms with Crippen molar-refractivity contribution in [1.82, 2.24) is 14.9 Å². The highest BCUT2D eigenvalue weighted by Crippen LogP contribution is 2.20. The van der Waals surface area contributed by atoms with Gasteiger partial charge in [0.15, 0.2) is 0 Å². The third-order valence-corrected chi connectivity index (χ3v) is 2.46. The van der Waals surface area contributed by atoms with Crippen LogP contribution in [0.4, 0.5) is 0 Å². The molecule has 0 aliphatic carbocycles. The first-order chi connectivity index (χ1) is 5.77. The summed E-state index contributed by atoms with van der Waals surface area (Å²) >= 11 is 0. The van der Waals surface area contributed by atoms with Gasteiger partial charge in [-0.15, -0.1) is 0 Å². The van der Waals surface area contributed by atoms with E-state index in [-0.39, 0.29) is 0 Å². The largest absolute Gasteiger partial charge is 0.337 e. The van der Waals surface area contributed by atoms with E-state index in [9.17, 15) is 0 Å². The quantitative estimate of drug-likeness (QED) is 0.667. The van der Waals surface area contributed by atoms with Gasteiger partial charge in [0, 0.05) is 25.7 Å². The SMILES string of the molecule is Cc1cn(C)c(C2CCNC2)n1. The Kier molecular flexibility index (Phi) is 1.89. The lowest BCUT2D eigenvalue weighted by Gasteiger charge is -2.06. The van der Waals surface area contributed by atoms with Crippen molar-refractivity contribution in [3.63, 3.8) is 0 Å². The normalized spacial score (nSPS) is 23.3. The van der Waals surface area contributed by atoms with Crippen molar-refractivity contribution >= 4 is 0 Å². The molecule has 1 N–H and O–H groups in total. The number of imidazole rings is 1. The number of rotatable bonds is 1. The average Bonchev–Trinajstić information content (AvgIpc) is 2.58. The molecule has 0 spiro atoms. The Balaban J connectivity index is 2.25. The van der Waals surface area contributed by atoms with Gasteiger partial charge < -0.3 is 9.88 Å². The van der Waals surface area contributed by atoms with E-state index in [0.717, 1.165) is 18.8 Å². The molecule has 1 aromatic heterocycles. The first-order valence-electron chi connectivity index (χ1n) is 4.48. The van der Waals surface area contributed by atoms with Crippen molar-refractivity contribution < 1.29 is 0 Å². The summed E-state index contributed by atoms with van der Waals surface area (Å²) in [6.45, 7) is 4.27. The molecule has 1 aliphatic heterocycles. The summed E-state index contributed by atoms with van der Waals surface area (Å²) in [7, 11) is 2.08. The van der Waals surface area contributed by atoms with Crippen LogP contribution in [-0.2, 0) is 7.05 Å². The van der Waals surface area contributed by atoms with E-state index >= 15 is 0 Å². The highest BCUT2D eigenvalue weighted by atomic mass is 15.1. The van der Waals surface area contributed by atoms with Crippen LogP contribution in [-0.4, -0.2) is 22.6 Å². The van der Waals surface area contributed by atoms with Gasteiger partial charge in [0.25, 0.3) is 0 Å².